The lowest BCUT2D eigenvalue weighted by molar-refractivity contribution is -0.117. The largest absolute Gasteiger partial charge is 0.324 e. The molecule has 0 saturated carbocycles. The molecule has 0 aliphatic carbocycles. The minimum Gasteiger partial charge on any atom is -0.324 e. The van der Waals surface area contributed by atoms with Crippen molar-refractivity contribution in [2.24, 2.45) is 0 Å². The Kier molecular flexibility index (Phi) is 5.92. The molecule has 0 bridgehead atoms. The van der Waals surface area contributed by atoms with Crippen LogP contribution in [0.1, 0.15) is 29.1 Å². The molecule has 148 valence electrons. The van der Waals surface area contributed by atoms with E-state index in [1.165, 1.54) is 11.3 Å². The van der Waals surface area contributed by atoms with E-state index in [9.17, 15) is 9.59 Å². The predicted molar refractivity (Wildman–Crippen MR) is 117 cm³/mol. The third kappa shape index (κ3) is 4.83. The van der Waals surface area contributed by atoms with E-state index in [0.29, 0.717) is 30.1 Å². The van der Waals surface area contributed by atoms with Crippen molar-refractivity contribution >= 4 is 46.1 Å². The summed E-state index contributed by atoms with van der Waals surface area (Å²) in [7, 11) is 0. The second-order valence-corrected chi connectivity index (χ2v) is 8.31. The van der Waals surface area contributed by atoms with Gasteiger partial charge in [0.25, 0.3) is 0 Å². The number of benzene rings is 2. The molecule has 2 heterocycles. The first-order valence-electron chi connectivity index (χ1n) is 9.45. The quantitative estimate of drug-likeness (QED) is 0.622. The average Bonchev–Trinajstić information content (AvgIpc) is 3.31. The van der Waals surface area contributed by atoms with Gasteiger partial charge in [0.15, 0.2) is 0 Å². The van der Waals surface area contributed by atoms with E-state index in [1.54, 1.807) is 4.90 Å². The van der Waals surface area contributed by atoms with E-state index in [1.807, 2.05) is 53.9 Å². The summed E-state index contributed by atoms with van der Waals surface area (Å²) in [5.41, 5.74) is 3.23. The number of hydrogen-bond acceptors (Lipinski definition) is 4. The molecule has 1 saturated heterocycles. The molecule has 4 rings (SSSR count). The maximum Gasteiger partial charge on any atom is 0.230 e. The van der Waals surface area contributed by atoms with Crippen LogP contribution < -0.4 is 10.2 Å². The van der Waals surface area contributed by atoms with Crippen LogP contribution in [0, 0.1) is 0 Å². The Balaban J connectivity index is 1.41. The Hall–Kier alpha value is -2.70. The molecule has 1 fully saturated rings. The first-order chi connectivity index (χ1) is 14.1. The number of hydrogen-bond donors (Lipinski definition) is 1. The monoisotopic (exact) mass is 425 g/mol. The molecule has 5 nitrogen and oxygen atoms in total. The second kappa shape index (κ2) is 8.76. The molecule has 1 aliphatic rings. The zero-order valence-corrected chi connectivity index (χ0v) is 17.3. The highest BCUT2D eigenvalue weighted by molar-refractivity contribution is 7.09. The zero-order valence-electron chi connectivity index (χ0n) is 15.7. The third-order valence-electron chi connectivity index (χ3n) is 4.73. The van der Waals surface area contributed by atoms with E-state index < -0.39 is 0 Å². The fourth-order valence-corrected chi connectivity index (χ4v) is 4.45. The van der Waals surface area contributed by atoms with E-state index in [-0.39, 0.29) is 18.2 Å². The normalized spacial score (nSPS) is 13.7. The first kappa shape index (κ1) is 19.6. The number of rotatable bonds is 6. The van der Waals surface area contributed by atoms with Gasteiger partial charge >= 0.3 is 0 Å². The highest BCUT2D eigenvalue weighted by atomic mass is 35.5. The van der Waals surface area contributed by atoms with Crippen LogP contribution in [0.5, 0.6) is 0 Å². The van der Waals surface area contributed by atoms with Crippen molar-refractivity contribution in [2.45, 2.75) is 25.7 Å². The van der Waals surface area contributed by atoms with Gasteiger partial charge in [-0.2, -0.15) is 0 Å². The number of aromatic nitrogens is 1. The second-order valence-electron chi connectivity index (χ2n) is 6.93. The minimum absolute atomic E-state index is 0.0943. The van der Waals surface area contributed by atoms with Gasteiger partial charge in [0.2, 0.25) is 11.8 Å². The van der Waals surface area contributed by atoms with Gasteiger partial charge in [-0.25, -0.2) is 4.98 Å². The Morgan fingerprint density at radius 2 is 2.07 bits per heavy atom. The molecular weight excluding hydrogens is 406 g/mol. The van der Waals surface area contributed by atoms with Gasteiger partial charge in [-0.1, -0.05) is 35.9 Å². The summed E-state index contributed by atoms with van der Waals surface area (Å²) >= 11 is 7.57. The lowest BCUT2D eigenvalue weighted by atomic mass is 10.2. The van der Waals surface area contributed by atoms with Crippen LogP contribution in [-0.4, -0.2) is 23.3 Å². The van der Waals surface area contributed by atoms with Crippen molar-refractivity contribution in [3.8, 4) is 0 Å². The van der Waals surface area contributed by atoms with Gasteiger partial charge < -0.3 is 10.2 Å². The average molecular weight is 426 g/mol. The smallest absolute Gasteiger partial charge is 0.230 e. The van der Waals surface area contributed by atoms with Crippen LogP contribution in [0.4, 0.5) is 11.4 Å². The van der Waals surface area contributed by atoms with Crippen LogP contribution in [0.15, 0.2) is 53.9 Å². The molecule has 1 aliphatic heterocycles. The number of para-hydroxylation sites is 2. The fraction of sp³-hybridized carbons (Fsp3) is 0.227. The van der Waals surface area contributed by atoms with Crippen LogP contribution >= 0.6 is 22.9 Å². The van der Waals surface area contributed by atoms with Crippen LogP contribution in [0.3, 0.4) is 0 Å². The van der Waals surface area contributed by atoms with Crippen molar-refractivity contribution in [3.05, 3.63) is 75.2 Å². The van der Waals surface area contributed by atoms with Gasteiger partial charge in [-0.3, -0.25) is 9.59 Å². The lowest BCUT2D eigenvalue weighted by Gasteiger charge is -2.19. The summed E-state index contributed by atoms with van der Waals surface area (Å²) in [4.78, 5) is 31.0. The van der Waals surface area contributed by atoms with Crippen molar-refractivity contribution in [1.82, 2.24) is 4.98 Å². The summed E-state index contributed by atoms with van der Waals surface area (Å²) in [5.74, 6) is -0.0550. The Bertz CT molecular complexity index is 1050. The van der Waals surface area contributed by atoms with Gasteiger partial charge in [0, 0.05) is 29.8 Å². The number of anilines is 2. The molecule has 1 aromatic heterocycles. The summed E-state index contributed by atoms with van der Waals surface area (Å²) in [6.07, 6.45) is 2.27. The van der Waals surface area contributed by atoms with Crippen LogP contribution in [-0.2, 0) is 22.4 Å². The van der Waals surface area contributed by atoms with E-state index in [2.05, 4.69) is 10.3 Å². The number of nitrogens with zero attached hydrogens (tertiary/aromatic N) is 2. The Labute approximate surface area is 178 Å². The molecule has 2 aromatic carbocycles. The summed E-state index contributed by atoms with van der Waals surface area (Å²) < 4.78 is 0. The SMILES string of the molecule is O=C(Cc1csc(Cc2cccc(Cl)c2)n1)Nc1ccccc1N1CCCC1=O. The van der Waals surface area contributed by atoms with Gasteiger partial charge in [-0.05, 0) is 36.2 Å². The molecule has 2 amide bonds. The molecule has 0 atom stereocenters. The molecular formula is C22H20ClN3O2S. The predicted octanol–water partition coefficient (Wildman–Crippen LogP) is 4.70. The maximum absolute atomic E-state index is 12.6. The highest BCUT2D eigenvalue weighted by Crippen LogP contribution is 2.29. The molecule has 0 radical (unpaired) electrons. The molecule has 3 aromatic rings. The van der Waals surface area contributed by atoms with Crippen molar-refractivity contribution < 1.29 is 9.59 Å². The molecule has 0 spiro atoms. The van der Waals surface area contributed by atoms with E-state index in [0.717, 1.165) is 28.4 Å². The number of amides is 2. The topological polar surface area (TPSA) is 62.3 Å². The van der Waals surface area contributed by atoms with Crippen LogP contribution in [0.2, 0.25) is 5.02 Å². The van der Waals surface area contributed by atoms with Crippen molar-refractivity contribution in [1.29, 1.82) is 0 Å². The summed E-state index contributed by atoms with van der Waals surface area (Å²) in [5, 5.41) is 6.49. The molecule has 29 heavy (non-hydrogen) atoms. The number of thiazole rings is 1. The molecule has 0 unspecified atom stereocenters. The number of nitrogens with one attached hydrogen (secondary N) is 1. The number of carbonyl (C=O) groups is 2. The lowest BCUT2D eigenvalue weighted by Crippen LogP contribution is -2.26. The Morgan fingerprint density at radius 1 is 1.21 bits per heavy atom. The standard InChI is InChI=1S/C22H20ClN3O2S/c23-16-6-3-5-15(11-16)12-21-24-17(14-29-21)13-20(27)25-18-7-1-2-8-19(18)26-10-4-9-22(26)28/h1-3,5-8,11,14H,4,9-10,12-13H2,(H,25,27). The van der Waals surface area contributed by atoms with Gasteiger partial charge in [0.05, 0.1) is 28.5 Å². The van der Waals surface area contributed by atoms with E-state index in [4.69, 9.17) is 11.6 Å². The maximum atomic E-state index is 12.6. The van der Waals surface area contributed by atoms with Crippen LogP contribution in [0.25, 0.3) is 0 Å². The Morgan fingerprint density at radius 3 is 2.86 bits per heavy atom. The number of halogens is 1. The summed E-state index contributed by atoms with van der Waals surface area (Å²) in [6.45, 7) is 0.685. The molecule has 1 N–H and O–H groups in total. The first-order valence-corrected chi connectivity index (χ1v) is 10.7. The van der Waals surface area contributed by atoms with Crippen molar-refractivity contribution in [3.63, 3.8) is 0 Å². The minimum atomic E-state index is -0.149. The zero-order chi connectivity index (χ0) is 20.2. The third-order valence-corrected chi connectivity index (χ3v) is 5.86. The van der Waals surface area contributed by atoms with E-state index >= 15 is 0 Å². The number of carbonyl (C=O) groups excluding carboxylic acids is 2. The van der Waals surface area contributed by atoms with Gasteiger partial charge in [0.1, 0.15) is 0 Å². The van der Waals surface area contributed by atoms with Crippen molar-refractivity contribution in [2.75, 3.05) is 16.8 Å². The summed E-state index contributed by atoms with van der Waals surface area (Å²) in [6, 6.07) is 15.1. The molecule has 7 heteroatoms. The van der Waals surface area contributed by atoms with Gasteiger partial charge in [-0.15, -0.1) is 11.3 Å². The highest BCUT2D eigenvalue weighted by Gasteiger charge is 2.24. The fourth-order valence-electron chi connectivity index (χ4n) is 3.41.